The van der Waals surface area contributed by atoms with Crippen LogP contribution in [0.3, 0.4) is 0 Å². The maximum atomic E-state index is 10.6. The van der Waals surface area contributed by atoms with Crippen molar-refractivity contribution >= 4 is 23.0 Å². The van der Waals surface area contributed by atoms with E-state index in [1.165, 1.54) is 12.1 Å². The first-order valence-corrected chi connectivity index (χ1v) is 6.61. The second-order valence-electron chi connectivity index (χ2n) is 4.58. The van der Waals surface area contributed by atoms with Crippen LogP contribution in [0.15, 0.2) is 18.2 Å². The maximum absolute atomic E-state index is 10.6. The Morgan fingerprint density at radius 1 is 1.47 bits per heavy atom. The van der Waals surface area contributed by atoms with Gasteiger partial charge in [-0.25, -0.2) is 0 Å². The van der Waals surface area contributed by atoms with E-state index >= 15 is 0 Å². The van der Waals surface area contributed by atoms with E-state index in [2.05, 4.69) is 19.2 Å². The first-order valence-electron chi connectivity index (χ1n) is 6.24. The van der Waals surface area contributed by atoms with Crippen molar-refractivity contribution in [2.75, 3.05) is 18.5 Å². The van der Waals surface area contributed by atoms with E-state index in [0.717, 1.165) is 0 Å². The van der Waals surface area contributed by atoms with Crippen molar-refractivity contribution in [2.24, 2.45) is 5.92 Å². The van der Waals surface area contributed by atoms with Gasteiger partial charge in [-0.2, -0.15) is 0 Å². The predicted octanol–water partition coefficient (Wildman–Crippen LogP) is 3.72. The van der Waals surface area contributed by atoms with Gasteiger partial charge in [0.05, 0.1) is 28.3 Å². The standard InChI is InChI=1S/C13H19ClN2O3/c1-4-19-8-13(9(2)3)15-12-6-5-10(16(17)18)7-11(12)14/h5-7,9,13,15H,4,8H2,1-3H3. The number of nitrogens with zero attached hydrogens (tertiary/aromatic N) is 1. The van der Waals surface area contributed by atoms with Crippen LogP contribution in [0.5, 0.6) is 0 Å². The van der Waals surface area contributed by atoms with Crippen molar-refractivity contribution in [3.05, 3.63) is 33.3 Å². The number of non-ortho nitro benzene ring substituents is 1. The van der Waals surface area contributed by atoms with E-state index in [0.29, 0.717) is 29.8 Å². The monoisotopic (exact) mass is 286 g/mol. The molecule has 1 unspecified atom stereocenters. The smallest absolute Gasteiger partial charge is 0.271 e. The fourth-order valence-corrected chi connectivity index (χ4v) is 1.81. The Morgan fingerprint density at radius 2 is 2.16 bits per heavy atom. The average molecular weight is 287 g/mol. The van der Waals surface area contributed by atoms with Crippen LogP contribution in [-0.2, 0) is 4.74 Å². The van der Waals surface area contributed by atoms with Gasteiger partial charge in [-0.1, -0.05) is 25.4 Å². The molecule has 5 nitrogen and oxygen atoms in total. The molecule has 1 atom stereocenters. The van der Waals surface area contributed by atoms with E-state index in [1.807, 2.05) is 6.92 Å². The summed E-state index contributed by atoms with van der Waals surface area (Å²) in [7, 11) is 0. The van der Waals surface area contributed by atoms with E-state index in [-0.39, 0.29) is 11.7 Å². The summed E-state index contributed by atoms with van der Waals surface area (Å²) in [5.41, 5.74) is 0.673. The Labute approximate surface area is 118 Å². The molecule has 0 aliphatic heterocycles. The Morgan fingerprint density at radius 3 is 2.63 bits per heavy atom. The van der Waals surface area contributed by atoms with Crippen molar-refractivity contribution in [1.29, 1.82) is 0 Å². The van der Waals surface area contributed by atoms with Crippen LogP contribution in [0.4, 0.5) is 11.4 Å². The van der Waals surface area contributed by atoms with E-state index in [1.54, 1.807) is 6.07 Å². The van der Waals surface area contributed by atoms with Crippen LogP contribution in [-0.4, -0.2) is 24.2 Å². The van der Waals surface area contributed by atoms with Gasteiger partial charge in [-0.3, -0.25) is 10.1 Å². The minimum absolute atomic E-state index is 0.0125. The molecule has 1 aromatic carbocycles. The van der Waals surface area contributed by atoms with Crippen LogP contribution >= 0.6 is 11.6 Å². The van der Waals surface area contributed by atoms with Crippen LogP contribution in [0, 0.1) is 16.0 Å². The number of hydrogen-bond donors (Lipinski definition) is 1. The maximum Gasteiger partial charge on any atom is 0.271 e. The lowest BCUT2D eigenvalue weighted by molar-refractivity contribution is -0.384. The predicted molar refractivity (Wildman–Crippen MR) is 76.8 cm³/mol. The van der Waals surface area contributed by atoms with Crippen molar-refractivity contribution in [3.8, 4) is 0 Å². The second kappa shape index (κ2) is 7.31. The lowest BCUT2D eigenvalue weighted by Gasteiger charge is -2.23. The number of nitrogens with one attached hydrogen (secondary N) is 1. The van der Waals surface area contributed by atoms with Crippen LogP contribution in [0.1, 0.15) is 20.8 Å². The van der Waals surface area contributed by atoms with Gasteiger partial charge in [0.1, 0.15) is 0 Å². The summed E-state index contributed by atoms with van der Waals surface area (Å²) in [6.45, 7) is 7.32. The largest absolute Gasteiger partial charge is 0.380 e. The minimum Gasteiger partial charge on any atom is -0.380 e. The topological polar surface area (TPSA) is 64.4 Å². The number of anilines is 1. The van der Waals surface area contributed by atoms with Crippen LogP contribution in [0.25, 0.3) is 0 Å². The zero-order valence-electron chi connectivity index (χ0n) is 11.4. The molecule has 106 valence electrons. The fourth-order valence-electron chi connectivity index (χ4n) is 1.58. The fraction of sp³-hybridized carbons (Fsp3) is 0.538. The van der Waals surface area contributed by atoms with Gasteiger partial charge in [0.15, 0.2) is 0 Å². The van der Waals surface area contributed by atoms with Crippen LogP contribution < -0.4 is 5.32 Å². The summed E-state index contributed by atoms with van der Waals surface area (Å²) in [6, 6.07) is 4.52. The van der Waals surface area contributed by atoms with Gasteiger partial charge in [-0.05, 0) is 18.9 Å². The van der Waals surface area contributed by atoms with Gasteiger partial charge >= 0.3 is 0 Å². The third-order valence-electron chi connectivity index (χ3n) is 2.81. The molecule has 0 radical (unpaired) electrons. The lowest BCUT2D eigenvalue weighted by Crippen LogP contribution is -2.31. The molecule has 0 spiro atoms. The zero-order valence-corrected chi connectivity index (χ0v) is 12.1. The highest BCUT2D eigenvalue weighted by molar-refractivity contribution is 6.33. The van der Waals surface area contributed by atoms with Crippen molar-refractivity contribution < 1.29 is 9.66 Å². The number of halogens is 1. The molecule has 0 aromatic heterocycles. The van der Waals surface area contributed by atoms with Gasteiger partial charge in [-0.15, -0.1) is 0 Å². The van der Waals surface area contributed by atoms with Gasteiger partial charge < -0.3 is 10.1 Å². The quantitative estimate of drug-likeness (QED) is 0.613. The molecule has 1 N–H and O–H groups in total. The lowest BCUT2D eigenvalue weighted by atomic mass is 10.0. The molecular formula is C13H19ClN2O3. The van der Waals surface area contributed by atoms with E-state index in [4.69, 9.17) is 16.3 Å². The average Bonchev–Trinajstić information content (AvgIpc) is 2.35. The van der Waals surface area contributed by atoms with Crippen molar-refractivity contribution in [1.82, 2.24) is 0 Å². The molecule has 0 saturated carbocycles. The number of nitro groups is 1. The molecule has 1 aromatic rings. The molecule has 0 amide bonds. The van der Waals surface area contributed by atoms with Crippen LogP contribution in [0.2, 0.25) is 5.02 Å². The number of nitro benzene ring substituents is 1. The third kappa shape index (κ3) is 4.69. The van der Waals surface area contributed by atoms with Crippen molar-refractivity contribution in [2.45, 2.75) is 26.8 Å². The summed E-state index contributed by atoms with van der Waals surface area (Å²) in [6.07, 6.45) is 0. The van der Waals surface area contributed by atoms with Gasteiger partial charge in [0, 0.05) is 18.7 Å². The molecule has 0 aliphatic carbocycles. The molecular weight excluding hydrogens is 268 g/mol. The Bertz CT molecular complexity index is 438. The Kier molecular flexibility index (Phi) is 6.05. The highest BCUT2D eigenvalue weighted by Gasteiger charge is 2.16. The summed E-state index contributed by atoms with van der Waals surface area (Å²) >= 11 is 6.05. The molecule has 19 heavy (non-hydrogen) atoms. The summed E-state index contributed by atoms with van der Waals surface area (Å²) in [4.78, 5) is 10.2. The molecule has 0 fully saturated rings. The summed E-state index contributed by atoms with van der Waals surface area (Å²) in [5.74, 6) is 0.359. The highest BCUT2D eigenvalue weighted by Crippen LogP contribution is 2.28. The Balaban J connectivity index is 2.81. The number of ether oxygens (including phenoxy) is 1. The number of rotatable bonds is 7. The SMILES string of the molecule is CCOCC(Nc1ccc([N+](=O)[O-])cc1Cl)C(C)C. The molecule has 1 rings (SSSR count). The molecule has 0 saturated heterocycles. The number of benzene rings is 1. The minimum atomic E-state index is -0.463. The van der Waals surface area contributed by atoms with E-state index in [9.17, 15) is 10.1 Å². The Hall–Kier alpha value is -1.33. The molecule has 6 heteroatoms. The highest BCUT2D eigenvalue weighted by atomic mass is 35.5. The van der Waals surface area contributed by atoms with Gasteiger partial charge in [0.25, 0.3) is 5.69 Å². The van der Waals surface area contributed by atoms with E-state index < -0.39 is 4.92 Å². The second-order valence-corrected chi connectivity index (χ2v) is 4.98. The molecule has 0 aliphatic rings. The third-order valence-corrected chi connectivity index (χ3v) is 3.12. The summed E-state index contributed by atoms with van der Waals surface area (Å²) in [5, 5.41) is 14.3. The first kappa shape index (κ1) is 15.7. The molecule has 0 bridgehead atoms. The number of hydrogen-bond acceptors (Lipinski definition) is 4. The normalized spacial score (nSPS) is 12.5. The molecule has 0 heterocycles. The summed E-state index contributed by atoms with van der Waals surface area (Å²) < 4.78 is 5.42. The van der Waals surface area contributed by atoms with Gasteiger partial charge in [0.2, 0.25) is 0 Å². The zero-order chi connectivity index (χ0) is 14.4. The first-order chi connectivity index (χ1) is 8.95. The van der Waals surface area contributed by atoms with Crippen molar-refractivity contribution in [3.63, 3.8) is 0 Å².